The van der Waals surface area contributed by atoms with Crippen LogP contribution >= 0.6 is 0 Å². The van der Waals surface area contributed by atoms with Gasteiger partial charge in [-0.2, -0.15) is 0 Å². The monoisotopic (exact) mass is 250 g/mol. The maximum Gasteiger partial charge on any atom is 0.312 e. The van der Waals surface area contributed by atoms with E-state index in [9.17, 15) is 4.79 Å². The molecule has 0 bridgehead atoms. The standard InChI is InChI=1S/C12H18N4O2/c1-12(6-2-3-7-12)11(17)18-8-10-13-14-15-16(10)9-4-5-9/h9H,2-8H2,1H3. The second kappa shape index (κ2) is 4.33. The van der Waals surface area contributed by atoms with Gasteiger partial charge < -0.3 is 4.74 Å². The number of nitrogens with zero attached hydrogens (tertiary/aromatic N) is 4. The van der Waals surface area contributed by atoms with Crippen LogP contribution in [0.3, 0.4) is 0 Å². The molecule has 2 saturated carbocycles. The van der Waals surface area contributed by atoms with Crippen molar-refractivity contribution in [1.82, 2.24) is 20.2 Å². The van der Waals surface area contributed by atoms with Crippen LogP contribution < -0.4 is 0 Å². The lowest BCUT2D eigenvalue weighted by atomic mass is 9.89. The van der Waals surface area contributed by atoms with Crippen molar-refractivity contribution >= 4 is 5.97 Å². The molecule has 0 atom stereocenters. The molecule has 1 aromatic heterocycles. The fourth-order valence-corrected chi connectivity index (χ4v) is 2.57. The van der Waals surface area contributed by atoms with Gasteiger partial charge in [-0.05, 0) is 43.0 Å². The molecule has 6 nitrogen and oxygen atoms in total. The Hall–Kier alpha value is -1.46. The topological polar surface area (TPSA) is 69.9 Å². The number of esters is 1. The fourth-order valence-electron chi connectivity index (χ4n) is 2.57. The first-order chi connectivity index (χ1) is 8.69. The molecule has 0 radical (unpaired) electrons. The third-order valence-electron chi connectivity index (χ3n) is 3.99. The molecular formula is C12H18N4O2. The Kier molecular flexibility index (Phi) is 2.80. The van der Waals surface area contributed by atoms with Gasteiger partial charge in [0.05, 0.1) is 11.5 Å². The zero-order chi connectivity index (χ0) is 12.6. The lowest BCUT2D eigenvalue weighted by Crippen LogP contribution is -2.27. The van der Waals surface area contributed by atoms with Crippen LogP contribution in [0.4, 0.5) is 0 Å². The summed E-state index contributed by atoms with van der Waals surface area (Å²) in [6, 6.07) is 0.413. The predicted octanol–water partition coefficient (Wildman–Crippen LogP) is 1.63. The molecular weight excluding hydrogens is 232 g/mol. The van der Waals surface area contributed by atoms with Crippen molar-refractivity contribution in [3.05, 3.63) is 5.82 Å². The lowest BCUT2D eigenvalue weighted by Gasteiger charge is -2.20. The number of tetrazole rings is 1. The van der Waals surface area contributed by atoms with E-state index in [-0.39, 0.29) is 18.0 Å². The van der Waals surface area contributed by atoms with Crippen LogP contribution in [0.2, 0.25) is 0 Å². The molecule has 0 aromatic carbocycles. The first kappa shape index (κ1) is 11.6. The Morgan fingerprint density at radius 3 is 2.83 bits per heavy atom. The van der Waals surface area contributed by atoms with E-state index in [1.54, 1.807) is 4.68 Å². The summed E-state index contributed by atoms with van der Waals surface area (Å²) in [5.74, 6) is 0.554. The lowest BCUT2D eigenvalue weighted by molar-refractivity contribution is -0.156. The fraction of sp³-hybridized carbons (Fsp3) is 0.833. The van der Waals surface area contributed by atoms with E-state index in [4.69, 9.17) is 4.74 Å². The van der Waals surface area contributed by atoms with Gasteiger partial charge in [-0.15, -0.1) is 5.10 Å². The van der Waals surface area contributed by atoms with Crippen molar-refractivity contribution < 1.29 is 9.53 Å². The van der Waals surface area contributed by atoms with Crippen molar-refractivity contribution in [2.45, 2.75) is 58.1 Å². The number of hydrogen-bond acceptors (Lipinski definition) is 5. The van der Waals surface area contributed by atoms with Gasteiger partial charge in [0.2, 0.25) is 0 Å². The first-order valence-electron chi connectivity index (χ1n) is 6.63. The largest absolute Gasteiger partial charge is 0.457 e. The third kappa shape index (κ3) is 2.11. The highest BCUT2D eigenvalue weighted by atomic mass is 16.5. The van der Waals surface area contributed by atoms with Crippen molar-refractivity contribution in [3.8, 4) is 0 Å². The first-order valence-corrected chi connectivity index (χ1v) is 6.63. The van der Waals surface area contributed by atoms with Gasteiger partial charge >= 0.3 is 5.97 Å². The Balaban J connectivity index is 1.60. The number of rotatable bonds is 4. The molecule has 2 aliphatic rings. The SMILES string of the molecule is CC1(C(=O)OCc2nnnn2C2CC2)CCCC1. The van der Waals surface area contributed by atoms with Gasteiger partial charge in [-0.1, -0.05) is 12.8 Å². The summed E-state index contributed by atoms with van der Waals surface area (Å²) in [4.78, 5) is 12.1. The van der Waals surface area contributed by atoms with Crippen LogP contribution in [-0.2, 0) is 16.1 Å². The smallest absolute Gasteiger partial charge is 0.312 e. The molecule has 1 heterocycles. The molecule has 3 rings (SSSR count). The Bertz CT molecular complexity index is 447. The number of ether oxygens (including phenoxy) is 1. The van der Waals surface area contributed by atoms with Crippen LogP contribution in [0.1, 0.15) is 57.3 Å². The van der Waals surface area contributed by atoms with E-state index >= 15 is 0 Å². The highest BCUT2D eigenvalue weighted by Crippen LogP contribution is 2.39. The Labute approximate surface area is 106 Å². The molecule has 0 aliphatic heterocycles. The molecule has 6 heteroatoms. The van der Waals surface area contributed by atoms with E-state index in [0.29, 0.717) is 11.9 Å². The van der Waals surface area contributed by atoms with Crippen molar-refractivity contribution in [2.75, 3.05) is 0 Å². The summed E-state index contributed by atoms with van der Waals surface area (Å²) < 4.78 is 7.17. The summed E-state index contributed by atoms with van der Waals surface area (Å²) in [5, 5.41) is 11.5. The molecule has 98 valence electrons. The van der Waals surface area contributed by atoms with Gasteiger partial charge in [-0.25, -0.2) is 4.68 Å². The van der Waals surface area contributed by atoms with Gasteiger partial charge in [-0.3, -0.25) is 4.79 Å². The van der Waals surface area contributed by atoms with Gasteiger partial charge in [0.25, 0.3) is 0 Å². The summed E-state index contributed by atoms with van der Waals surface area (Å²) in [5.41, 5.74) is -0.294. The summed E-state index contributed by atoms with van der Waals surface area (Å²) >= 11 is 0. The summed E-state index contributed by atoms with van der Waals surface area (Å²) in [7, 11) is 0. The molecule has 0 amide bonds. The second-order valence-corrected chi connectivity index (χ2v) is 5.61. The second-order valence-electron chi connectivity index (χ2n) is 5.61. The van der Waals surface area contributed by atoms with E-state index in [1.807, 2.05) is 6.92 Å². The molecule has 2 fully saturated rings. The zero-order valence-corrected chi connectivity index (χ0v) is 10.6. The molecule has 0 spiro atoms. The number of carbonyl (C=O) groups excluding carboxylic acids is 1. The minimum Gasteiger partial charge on any atom is -0.457 e. The number of carbonyl (C=O) groups is 1. The van der Waals surface area contributed by atoms with E-state index < -0.39 is 0 Å². The molecule has 2 aliphatic carbocycles. The predicted molar refractivity (Wildman–Crippen MR) is 62.5 cm³/mol. The molecule has 0 unspecified atom stereocenters. The Morgan fingerprint density at radius 1 is 1.44 bits per heavy atom. The van der Waals surface area contributed by atoms with Crippen LogP contribution in [0.25, 0.3) is 0 Å². The average Bonchev–Trinajstić information content (AvgIpc) is 2.93. The quantitative estimate of drug-likeness (QED) is 0.760. The summed E-state index contributed by atoms with van der Waals surface area (Å²) in [6.07, 6.45) is 6.32. The Morgan fingerprint density at radius 2 is 2.17 bits per heavy atom. The van der Waals surface area contributed by atoms with E-state index in [2.05, 4.69) is 15.5 Å². The van der Waals surface area contributed by atoms with Crippen LogP contribution in [-0.4, -0.2) is 26.2 Å². The molecule has 0 saturated heterocycles. The highest BCUT2D eigenvalue weighted by molar-refractivity contribution is 5.76. The maximum atomic E-state index is 12.1. The van der Waals surface area contributed by atoms with Crippen LogP contribution in [0.5, 0.6) is 0 Å². The molecule has 0 N–H and O–H groups in total. The van der Waals surface area contributed by atoms with Gasteiger partial charge in [0.15, 0.2) is 12.4 Å². The zero-order valence-electron chi connectivity index (χ0n) is 10.6. The highest BCUT2D eigenvalue weighted by Gasteiger charge is 2.38. The molecule has 1 aromatic rings. The number of aromatic nitrogens is 4. The minimum atomic E-state index is -0.294. The normalized spacial score (nSPS) is 22.1. The van der Waals surface area contributed by atoms with Crippen molar-refractivity contribution in [1.29, 1.82) is 0 Å². The van der Waals surface area contributed by atoms with Crippen molar-refractivity contribution in [2.24, 2.45) is 5.41 Å². The van der Waals surface area contributed by atoms with Gasteiger partial charge in [0.1, 0.15) is 0 Å². The van der Waals surface area contributed by atoms with E-state index in [0.717, 1.165) is 38.5 Å². The third-order valence-corrected chi connectivity index (χ3v) is 3.99. The number of hydrogen-bond donors (Lipinski definition) is 0. The van der Waals surface area contributed by atoms with Crippen LogP contribution in [0.15, 0.2) is 0 Å². The van der Waals surface area contributed by atoms with Gasteiger partial charge in [0, 0.05) is 0 Å². The molecule has 18 heavy (non-hydrogen) atoms. The maximum absolute atomic E-state index is 12.1. The van der Waals surface area contributed by atoms with Crippen LogP contribution in [0, 0.1) is 5.41 Å². The summed E-state index contributed by atoms with van der Waals surface area (Å²) in [6.45, 7) is 2.18. The van der Waals surface area contributed by atoms with E-state index in [1.165, 1.54) is 0 Å². The van der Waals surface area contributed by atoms with Crippen molar-refractivity contribution in [3.63, 3.8) is 0 Å². The average molecular weight is 250 g/mol. The minimum absolute atomic E-state index is 0.106.